The van der Waals surface area contributed by atoms with Crippen molar-refractivity contribution in [2.75, 3.05) is 36.9 Å². The molecule has 2 aromatic rings. The van der Waals surface area contributed by atoms with E-state index in [2.05, 4.69) is 15.0 Å². The lowest BCUT2D eigenvalue weighted by atomic mass is 10.4. The summed E-state index contributed by atoms with van der Waals surface area (Å²) in [6, 6.07) is 3.63. The van der Waals surface area contributed by atoms with Crippen LogP contribution in [0.5, 0.6) is 0 Å². The second-order valence-electron chi connectivity index (χ2n) is 3.77. The first-order chi connectivity index (χ1) is 7.83. The van der Waals surface area contributed by atoms with E-state index in [0.717, 1.165) is 37.9 Å². The fourth-order valence-corrected chi connectivity index (χ4v) is 1.78. The van der Waals surface area contributed by atoms with Crippen LogP contribution in [-0.4, -0.2) is 40.9 Å². The summed E-state index contributed by atoms with van der Waals surface area (Å²) in [5.74, 6) is 0.744. The van der Waals surface area contributed by atoms with Gasteiger partial charge < -0.3 is 15.4 Å². The van der Waals surface area contributed by atoms with Crippen molar-refractivity contribution in [1.29, 1.82) is 0 Å². The van der Waals surface area contributed by atoms with Crippen LogP contribution in [0.15, 0.2) is 18.3 Å². The van der Waals surface area contributed by atoms with Gasteiger partial charge in [0.15, 0.2) is 5.65 Å². The molecule has 1 fully saturated rings. The molecule has 84 valence electrons. The lowest BCUT2D eigenvalue weighted by Crippen LogP contribution is -2.36. The van der Waals surface area contributed by atoms with Gasteiger partial charge in [-0.2, -0.15) is 4.98 Å². The maximum Gasteiger partial charge on any atom is 0.245 e. The molecule has 0 spiro atoms. The molecule has 6 nitrogen and oxygen atoms in total. The van der Waals surface area contributed by atoms with Crippen molar-refractivity contribution in [2.45, 2.75) is 0 Å². The molecular weight excluding hydrogens is 206 g/mol. The molecule has 16 heavy (non-hydrogen) atoms. The summed E-state index contributed by atoms with van der Waals surface area (Å²) in [6.07, 6.45) is 1.82. The SMILES string of the molecule is Nc1ccn2nc(N3CCOCC3)nc2c1. The zero-order chi connectivity index (χ0) is 11.0. The third-order valence-electron chi connectivity index (χ3n) is 2.64. The summed E-state index contributed by atoms with van der Waals surface area (Å²) in [7, 11) is 0. The van der Waals surface area contributed by atoms with Gasteiger partial charge in [-0.25, -0.2) is 4.52 Å². The van der Waals surface area contributed by atoms with Gasteiger partial charge in [0.05, 0.1) is 13.2 Å². The van der Waals surface area contributed by atoms with Crippen molar-refractivity contribution < 1.29 is 4.74 Å². The zero-order valence-corrected chi connectivity index (χ0v) is 8.83. The Hall–Kier alpha value is -1.82. The third kappa shape index (κ3) is 1.57. The minimum absolute atomic E-state index is 0.702. The minimum Gasteiger partial charge on any atom is -0.399 e. The van der Waals surface area contributed by atoms with E-state index in [-0.39, 0.29) is 0 Å². The van der Waals surface area contributed by atoms with E-state index in [1.807, 2.05) is 18.3 Å². The first kappa shape index (κ1) is 9.41. The van der Waals surface area contributed by atoms with Crippen molar-refractivity contribution in [3.8, 4) is 0 Å². The van der Waals surface area contributed by atoms with E-state index in [0.29, 0.717) is 5.69 Å². The van der Waals surface area contributed by atoms with Crippen molar-refractivity contribution in [3.05, 3.63) is 18.3 Å². The van der Waals surface area contributed by atoms with Gasteiger partial charge in [0.2, 0.25) is 5.95 Å². The van der Waals surface area contributed by atoms with E-state index >= 15 is 0 Å². The number of nitrogen functional groups attached to an aromatic ring is 1. The van der Waals surface area contributed by atoms with Crippen molar-refractivity contribution in [1.82, 2.24) is 14.6 Å². The quantitative estimate of drug-likeness (QED) is 0.739. The summed E-state index contributed by atoms with van der Waals surface area (Å²) < 4.78 is 7.03. The largest absolute Gasteiger partial charge is 0.399 e. The number of pyridine rings is 1. The number of hydrogen-bond acceptors (Lipinski definition) is 5. The summed E-state index contributed by atoms with van der Waals surface area (Å²) in [4.78, 5) is 6.56. The summed E-state index contributed by atoms with van der Waals surface area (Å²) >= 11 is 0. The average molecular weight is 219 g/mol. The molecule has 2 aromatic heterocycles. The van der Waals surface area contributed by atoms with E-state index in [1.54, 1.807) is 4.52 Å². The molecule has 0 aliphatic carbocycles. The molecule has 1 aliphatic rings. The predicted octanol–water partition coefficient (Wildman–Crippen LogP) is 0.148. The van der Waals surface area contributed by atoms with Crippen LogP contribution < -0.4 is 10.6 Å². The fraction of sp³-hybridized carbons (Fsp3) is 0.400. The Morgan fingerprint density at radius 3 is 2.94 bits per heavy atom. The van der Waals surface area contributed by atoms with Crippen LogP contribution in [-0.2, 0) is 4.74 Å². The van der Waals surface area contributed by atoms with Crippen molar-refractivity contribution in [2.24, 2.45) is 0 Å². The number of anilines is 2. The lowest BCUT2D eigenvalue weighted by molar-refractivity contribution is 0.122. The number of nitrogens with two attached hydrogens (primary N) is 1. The van der Waals surface area contributed by atoms with Crippen LogP contribution in [0.3, 0.4) is 0 Å². The number of morpholine rings is 1. The second kappa shape index (κ2) is 3.64. The van der Waals surface area contributed by atoms with Crippen LogP contribution in [0.4, 0.5) is 11.6 Å². The molecule has 2 N–H and O–H groups in total. The number of nitrogens with zero attached hydrogens (tertiary/aromatic N) is 4. The highest BCUT2D eigenvalue weighted by Gasteiger charge is 2.15. The number of hydrogen-bond donors (Lipinski definition) is 1. The minimum atomic E-state index is 0.702. The number of aromatic nitrogens is 3. The lowest BCUT2D eigenvalue weighted by Gasteiger charge is -2.25. The van der Waals surface area contributed by atoms with E-state index in [1.165, 1.54) is 0 Å². The molecule has 0 aromatic carbocycles. The molecular formula is C10H13N5O. The first-order valence-corrected chi connectivity index (χ1v) is 5.27. The number of ether oxygens (including phenoxy) is 1. The third-order valence-corrected chi connectivity index (χ3v) is 2.64. The highest BCUT2D eigenvalue weighted by atomic mass is 16.5. The second-order valence-corrected chi connectivity index (χ2v) is 3.77. The van der Waals surface area contributed by atoms with Crippen LogP contribution in [0, 0.1) is 0 Å². The smallest absolute Gasteiger partial charge is 0.245 e. The molecule has 0 atom stereocenters. The maximum atomic E-state index is 5.70. The molecule has 0 bridgehead atoms. The van der Waals surface area contributed by atoms with Crippen molar-refractivity contribution in [3.63, 3.8) is 0 Å². The van der Waals surface area contributed by atoms with Gasteiger partial charge in [-0.05, 0) is 6.07 Å². The van der Waals surface area contributed by atoms with Gasteiger partial charge in [-0.15, -0.1) is 5.10 Å². The predicted molar refractivity (Wildman–Crippen MR) is 60.4 cm³/mol. The Labute approximate surface area is 92.6 Å². The highest BCUT2D eigenvalue weighted by molar-refractivity contribution is 5.53. The van der Waals surface area contributed by atoms with Crippen LogP contribution in [0.25, 0.3) is 5.65 Å². The van der Waals surface area contributed by atoms with Gasteiger partial charge >= 0.3 is 0 Å². The molecule has 1 aliphatic heterocycles. The molecule has 0 unspecified atom stereocenters. The monoisotopic (exact) mass is 219 g/mol. The molecule has 1 saturated heterocycles. The molecule has 6 heteroatoms. The van der Waals surface area contributed by atoms with Gasteiger partial charge in [-0.3, -0.25) is 0 Å². The Kier molecular flexibility index (Phi) is 2.14. The molecule has 0 saturated carbocycles. The topological polar surface area (TPSA) is 68.7 Å². The zero-order valence-electron chi connectivity index (χ0n) is 8.83. The molecule has 0 radical (unpaired) electrons. The van der Waals surface area contributed by atoms with Crippen LogP contribution in [0.2, 0.25) is 0 Å². The first-order valence-electron chi connectivity index (χ1n) is 5.27. The molecule has 3 rings (SSSR count). The van der Waals surface area contributed by atoms with E-state index < -0.39 is 0 Å². The normalized spacial score (nSPS) is 16.9. The number of rotatable bonds is 1. The average Bonchev–Trinajstić information content (AvgIpc) is 2.73. The summed E-state index contributed by atoms with van der Waals surface area (Å²) in [6.45, 7) is 3.15. The van der Waals surface area contributed by atoms with Gasteiger partial charge in [0.25, 0.3) is 0 Å². The summed E-state index contributed by atoms with van der Waals surface area (Å²) in [5.41, 5.74) is 7.18. The fourth-order valence-electron chi connectivity index (χ4n) is 1.78. The Morgan fingerprint density at radius 1 is 1.31 bits per heavy atom. The van der Waals surface area contributed by atoms with Gasteiger partial charge in [-0.1, -0.05) is 0 Å². The molecule has 3 heterocycles. The molecule has 0 amide bonds. The van der Waals surface area contributed by atoms with Crippen LogP contribution in [0.1, 0.15) is 0 Å². The van der Waals surface area contributed by atoms with E-state index in [9.17, 15) is 0 Å². The standard InChI is InChI=1S/C10H13N5O/c11-8-1-2-15-9(7-8)12-10(13-15)14-3-5-16-6-4-14/h1-2,7H,3-6,11H2. The van der Waals surface area contributed by atoms with E-state index in [4.69, 9.17) is 10.5 Å². The van der Waals surface area contributed by atoms with Gasteiger partial charge in [0, 0.05) is 31.0 Å². The summed E-state index contributed by atoms with van der Waals surface area (Å²) in [5, 5.41) is 4.40. The van der Waals surface area contributed by atoms with Crippen LogP contribution >= 0.6 is 0 Å². The Bertz CT molecular complexity index is 503. The Morgan fingerprint density at radius 2 is 2.12 bits per heavy atom. The number of fused-ring (bicyclic) bond motifs is 1. The maximum absolute atomic E-state index is 5.70. The highest BCUT2D eigenvalue weighted by Crippen LogP contribution is 2.13. The van der Waals surface area contributed by atoms with Crippen molar-refractivity contribution >= 4 is 17.3 Å². The Balaban J connectivity index is 1.97. The van der Waals surface area contributed by atoms with Gasteiger partial charge in [0.1, 0.15) is 0 Å².